The van der Waals surface area contributed by atoms with Crippen LogP contribution in [0.1, 0.15) is 12.8 Å². The largest absolute Gasteiger partial charge is 0.354 e. The van der Waals surface area contributed by atoms with Crippen molar-refractivity contribution in [3.05, 3.63) is 36.8 Å². The van der Waals surface area contributed by atoms with Gasteiger partial charge in [-0.3, -0.25) is 0 Å². The highest BCUT2D eigenvalue weighted by Gasteiger charge is 2.41. The van der Waals surface area contributed by atoms with Gasteiger partial charge in [0.05, 0.1) is 5.25 Å². The SMILES string of the molecule is O=S(=O)(C1CC1)N1CCN(c2cc(Nc3ccccn3)ncn2)CC1. The van der Waals surface area contributed by atoms with Gasteiger partial charge in [0.25, 0.3) is 0 Å². The summed E-state index contributed by atoms with van der Waals surface area (Å²) in [4.78, 5) is 14.9. The Morgan fingerprint density at radius 2 is 1.80 bits per heavy atom. The third-order valence-corrected chi connectivity index (χ3v) is 6.84. The molecule has 0 radical (unpaired) electrons. The van der Waals surface area contributed by atoms with E-state index in [0.717, 1.165) is 18.7 Å². The average Bonchev–Trinajstić information content (AvgIpc) is 3.49. The Hall–Kier alpha value is -2.26. The highest BCUT2D eigenvalue weighted by Crippen LogP contribution is 2.31. The number of anilines is 3. The molecule has 4 rings (SSSR count). The molecule has 132 valence electrons. The quantitative estimate of drug-likeness (QED) is 0.857. The standard InChI is InChI=1S/C16H20N6O2S/c23-25(24,13-4-5-13)22-9-7-21(8-10-22)16-11-15(18-12-19-16)20-14-3-1-2-6-17-14/h1-3,6,11-13H,4-5,7-10H2,(H,17,18,19,20). The molecule has 0 bridgehead atoms. The first-order valence-electron chi connectivity index (χ1n) is 8.37. The minimum absolute atomic E-state index is 0.146. The number of hydrogen-bond acceptors (Lipinski definition) is 7. The molecule has 8 nitrogen and oxygen atoms in total. The van der Waals surface area contributed by atoms with Gasteiger partial charge in [-0.05, 0) is 25.0 Å². The van der Waals surface area contributed by atoms with Crippen LogP contribution in [-0.4, -0.2) is 59.1 Å². The van der Waals surface area contributed by atoms with Gasteiger partial charge in [-0.15, -0.1) is 0 Å². The van der Waals surface area contributed by atoms with E-state index in [0.29, 0.717) is 37.8 Å². The van der Waals surface area contributed by atoms with Crippen molar-refractivity contribution in [3.63, 3.8) is 0 Å². The molecule has 0 unspecified atom stereocenters. The summed E-state index contributed by atoms with van der Waals surface area (Å²) in [5.41, 5.74) is 0. The Bertz CT molecular complexity index is 833. The first-order chi connectivity index (χ1) is 12.1. The lowest BCUT2D eigenvalue weighted by Crippen LogP contribution is -2.49. The normalized spacial score (nSPS) is 19.0. The summed E-state index contributed by atoms with van der Waals surface area (Å²) in [7, 11) is -3.09. The van der Waals surface area contributed by atoms with Gasteiger partial charge in [-0.1, -0.05) is 6.07 Å². The third-order valence-electron chi connectivity index (χ3n) is 4.44. The van der Waals surface area contributed by atoms with E-state index >= 15 is 0 Å². The maximum atomic E-state index is 12.3. The summed E-state index contributed by atoms with van der Waals surface area (Å²) in [6.07, 6.45) is 4.83. The molecule has 2 aromatic heterocycles. The van der Waals surface area contributed by atoms with Crippen molar-refractivity contribution in [2.75, 3.05) is 36.4 Å². The first kappa shape index (κ1) is 16.2. The first-order valence-corrected chi connectivity index (χ1v) is 9.87. The fraction of sp³-hybridized carbons (Fsp3) is 0.438. The highest BCUT2D eigenvalue weighted by atomic mass is 32.2. The number of aromatic nitrogens is 3. The molecule has 0 amide bonds. The lowest BCUT2D eigenvalue weighted by Gasteiger charge is -2.34. The number of nitrogens with zero attached hydrogens (tertiary/aromatic N) is 5. The lowest BCUT2D eigenvalue weighted by molar-refractivity contribution is 0.383. The molecule has 0 atom stereocenters. The Morgan fingerprint density at radius 1 is 1.00 bits per heavy atom. The van der Waals surface area contributed by atoms with Crippen LogP contribution in [0, 0.1) is 0 Å². The molecule has 1 saturated carbocycles. The van der Waals surface area contributed by atoms with E-state index in [-0.39, 0.29) is 5.25 Å². The predicted molar refractivity (Wildman–Crippen MR) is 95.3 cm³/mol. The van der Waals surface area contributed by atoms with Crippen LogP contribution in [0.2, 0.25) is 0 Å². The van der Waals surface area contributed by atoms with Gasteiger partial charge >= 0.3 is 0 Å². The van der Waals surface area contributed by atoms with Crippen molar-refractivity contribution >= 4 is 27.5 Å². The second-order valence-corrected chi connectivity index (χ2v) is 8.44. The second-order valence-electron chi connectivity index (χ2n) is 6.23. The summed E-state index contributed by atoms with van der Waals surface area (Å²) < 4.78 is 26.2. The zero-order valence-electron chi connectivity index (χ0n) is 13.7. The summed E-state index contributed by atoms with van der Waals surface area (Å²) in [6.45, 7) is 2.27. The van der Waals surface area contributed by atoms with Gasteiger partial charge in [0, 0.05) is 38.4 Å². The number of pyridine rings is 1. The average molecular weight is 360 g/mol. The molecule has 1 N–H and O–H groups in total. The highest BCUT2D eigenvalue weighted by molar-refractivity contribution is 7.90. The monoisotopic (exact) mass is 360 g/mol. The van der Waals surface area contributed by atoms with Gasteiger partial charge < -0.3 is 10.2 Å². The molecule has 9 heteroatoms. The van der Waals surface area contributed by atoms with Crippen LogP contribution in [0.3, 0.4) is 0 Å². The lowest BCUT2D eigenvalue weighted by atomic mass is 10.3. The zero-order valence-corrected chi connectivity index (χ0v) is 14.6. The molecular formula is C16H20N6O2S. The second kappa shape index (κ2) is 6.57. The predicted octanol–water partition coefficient (Wildman–Crippen LogP) is 1.23. The van der Waals surface area contributed by atoms with Crippen molar-refractivity contribution in [1.82, 2.24) is 19.3 Å². The number of hydrogen-bond donors (Lipinski definition) is 1. The maximum absolute atomic E-state index is 12.3. The van der Waals surface area contributed by atoms with Crippen LogP contribution in [0.15, 0.2) is 36.8 Å². The number of rotatable bonds is 5. The van der Waals surface area contributed by atoms with Gasteiger partial charge in [-0.25, -0.2) is 23.4 Å². The fourth-order valence-electron chi connectivity index (χ4n) is 2.90. The van der Waals surface area contributed by atoms with E-state index in [4.69, 9.17) is 0 Å². The number of nitrogens with one attached hydrogen (secondary N) is 1. The van der Waals surface area contributed by atoms with Crippen molar-refractivity contribution in [1.29, 1.82) is 0 Å². The van der Waals surface area contributed by atoms with E-state index in [1.54, 1.807) is 10.5 Å². The molecule has 1 saturated heterocycles. The number of piperazine rings is 1. The van der Waals surface area contributed by atoms with Crippen LogP contribution >= 0.6 is 0 Å². The van der Waals surface area contributed by atoms with Crippen LogP contribution in [-0.2, 0) is 10.0 Å². The maximum Gasteiger partial charge on any atom is 0.217 e. The van der Waals surface area contributed by atoms with Gasteiger partial charge in [0.2, 0.25) is 10.0 Å². The Morgan fingerprint density at radius 3 is 2.48 bits per heavy atom. The molecule has 1 aliphatic carbocycles. The van der Waals surface area contributed by atoms with E-state index in [1.165, 1.54) is 6.33 Å². The third kappa shape index (κ3) is 3.57. The van der Waals surface area contributed by atoms with Crippen molar-refractivity contribution in [3.8, 4) is 0 Å². The fourth-order valence-corrected chi connectivity index (χ4v) is 4.73. The minimum Gasteiger partial charge on any atom is -0.354 e. The molecular weight excluding hydrogens is 340 g/mol. The molecule has 1 aliphatic heterocycles. The van der Waals surface area contributed by atoms with Gasteiger partial charge in [0.1, 0.15) is 23.8 Å². The summed E-state index contributed by atoms with van der Waals surface area (Å²) in [5.74, 6) is 2.17. The minimum atomic E-state index is -3.09. The molecule has 0 aromatic carbocycles. The summed E-state index contributed by atoms with van der Waals surface area (Å²) in [5, 5.41) is 3.00. The van der Waals surface area contributed by atoms with E-state index in [1.807, 2.05) is 24.3 Å². The van der Waals surface area contributed by atoms with Crippen molar-refractivity contribution in [2.24, 2.45) is 0 Å². The van der Waals surface area contributed by atoms with E-state index in [2.05, 4.69) is 25.2 Å². The molecule has 0 spiro atoms. The van der Waals surface area contributed by atoms with Crippen molar-refractivity contribution < 1.29 is 8.42 Å². The van der Waals surface area contributed by atoms with Crippen LogP contribution in [0.5, 0.6) is 0 Å². The van der Waals surface area contributed by atoms with E-state index in [9.17, 15) is 8.42 Å². The van der Waals surface area contributed by atoms with Gasteiger partial charge in [-0.2, -0.15) is 4.31 Å². The molecule has 2 aromatic rings. The zero-order chi connectivity index (χ0) is 17.3. The van der Waals surface area contributed by atoms with Crippen molar-refractivity contribution in [2.45, 2.75) is 18.1 Å². The number of sulfonamides is 1. The van der Waals surface area contributed by atoms with Crippen LogP contribution in [0.25, 0.3) is 0 Å². The molecule has 2 fully saturated rings. The Labute approximate surface area is 147 Å². The molecule has 3 heterocycles. The Balaban J connectivity index is 1.42. The smallest absolute Gasteiger partial charge is 0.217 e. The molecule has 2 aliphatic rings. The molecule has 25 heavy (non-hydrogen) atoms. The van der Waals surface area contributed by atoms with Gasteiger partial charge in [0.15, 0.2) is 0 Å². The summed E-state index contributed by atoms with van der Waals surface area (Å²) in [6, 6.07) is 7.48. The van der Waals surface area contributed by atoms with Crippen LogP contribution in [0.4, 0.5) is 17.5 Å². The van der Waals surface area contributed by atoms with E-state index < -0.39 is 10.0 Å². The summed E-state index contributed by atoms with van der Waals surface area (Å²) >= 11 is 0. The topological polar surface area (TPSA) is 91.3 Å². The Kier molecular flexibility index (Phi) is 4.26. The van der Waals surface area contributed by atoms with Crippen LogP contribution < -0.4 is 10.2 Å².